The Morgan fingerprint density at radius 1 is 1.00 bits per heavy atom. The van der Waals surface area contributed by atoms with E-state index in [4.69, 9.17) is 9.84 Å². The van der Waals surface area contributed by atoms with Crippen molar-refractivity contribution in [3.05, 3.63) is 83.4 Å². The van der Waals surface area contributed by atoms with Gasteiger partial charge in [0.1, 0.15) is 5.56 Å². The van der Waals surface area contributed by atoms with Crippen LogP contribution in [0.2, 0.25) is 0 Å². The van der Waals surface area contributed by atoms with Crippen LogP contribution in [0.4, 0.5) is 0 Å². The van der Waals surface area contributed by atoms with E-state index in [1.54, 1.807) is 17.8 Å². The molecular formula is C27H28N4O2. The van der Waals surface area contributed by atoms with Crippen molar-refractivity contribution < 1.29 is 9.53 Å². The molecule has 0 aliphatic heterocycles. The van der Waals surface area contributed by atoms with Gasteiger partial charge in [-0.1, -0.05) is 38.1 Å². The van der Waals surface area contributed by atoms with Gasteiger partial charge in [-0.3, -0.25) is 0 Å². The molecule has 0 amide bonds. The van der Waals surface area contributed by atoms with Crippen LogP contribution < -0.4 is 0 Å². The monoisotopic (exact) mass is 440 g/mol. The van der Waals surface area contributed by atoms with E-state index in [0.29, 0.717) is 12.2 Å². The van der Waals surface area contributed by atoms with Crippen LogP contribution in [-0.2, 0) is 16.6 Å². The van der Waals surface area contributed by atoms with Crippen LogP contribution in [0.25, 0.3) is 22.5 Å². The lowest BCUT2D eigenvalue weighted by molar-refractivity contribution is 0.0525. The fraction of sp³-hybridized carbons (Fsp3) is 0.296. The fourth-order valence-corrected chi connectivity index (χ4v) is 4.76. The van der Waals surface area contributed by atoms with Crippen molar-refractivity contribution in [3.8, 4) is 22.5 Å². The molecule has 0 fully saturated rings. The first-order chi connectivity index (χ1) is 15.9. The predicted octanol–water partition coefficient (Wildman–Crippen LogP) is 5.43. The topological polar surface area (TPSA) is 61.9 Å². The highest BCUT2D eigenvalue weighted by molar-refractivity contribution is 5.90. The lowest BCUT2D eigenvalue weighted by Gasteiger charge is -2.21. The quantitative estimate of drug-likeness (QED) is 0.388. The number of hydrogen-bond acceptors (Lipinski definition) is 4. The van der Waals surface area contributed by atoms with Crippen LogP contribution in [-0.4, -0.2) is 32.1 Å². The highest BCUT2D eigenvalue weighted by Gasteiger charge is 2.34. The number of hydrogen-bond donors (Lipinski definition) is 0. The molecule has 0 saturated heterocycles. The number of fused-ring (bicyclic) bond motifs is 1. The average molecular weight is 441 g/mol. The van der Waals surface area contributed by atoms with Gasteiger partial charge in [0, 0.05) is 5.41 Å². The minimum atomic E-state index is -0.347. The molecule has 6 heteroatoms. The number of ether oxygens (including phenoxy) is 1. The summed E-state index contributed by atoms with van der Waals surface area (Å²) in [5, 5.41) is 9.15. The first-order valence-electron chi connectivity index (χ1n) is 11.4. The Kier molecular flexibility index (Phi) is 5.16. The Hall–Kier alpha value is -3.67. The second-order valence-corrected chi connectivity index (χ2v) is 9.19. The predicted molar refractivity (Wildman–Crippen MR) is 128 cm³/mol. The standard InChI is InChI=1S/C27H28N4O2/c1-5-33-26(32)24-17-29-30(18(24)2)22-10-6-8-19(14-22)20-9-7-11-23(15-20)31-25-21(16-28-31)12-13-27(25,3)4/h6-11,14-17H,5,12-13H2,1-4H3. The zero-order valence-corrected chi connectivity index (χ0v) is 19.5. The molecule has 5 rings (SSSR count). The molecule has 6 nitrogen and oxygen atoms in total. The molecule has 0 N–H and O–H groups in total. The van der Waals surface area contributed by atoms with Crippen LogP contribution in [0.1, 0.15) is 54.5 Å². The Bertz CT molecular complexity index is 1350. The first kappa shape index (κ1) is 21.2. The van der Waals surface area contributed by atoms with E-state index in [0.717, 1.165) is 41.0 Å². The van der Waals surface area contributed by atoms with Gasteiger partial charge in [0.15, 0.2) is 0 Å². The SMILES string of the molecule is CCOC(=O)c1cnn(-c2cccc(-c3cccc(-n4ncc5c4C(C)(C)CC5)c3)c2)c1C. The van der Waals surface area contributed by atoms with E-state index in [9.17, 15) is 4.79 Å². The van der Waals surface area contributed by atoms with Crippen molar-refractivity contribution >= 4 is 5.97 Å². The minimum absolute atomic E-state index is 0.121. The summed E-state index contributed by atoms with van der Waals surface area (Å²) in [5.41, 5.74) is 8.16. The Morgan fingerprint density at radius 3 is 2.30 bits per heavy atom. The summed E-state index contributed by atoms with van der Waals surface area (Å²) in [6, 6.07) is 16.7. The van der Waals surface area contributed by atoms with Gasteiger partial charge in [-0.25, -0.2) is 14.2 Å². The summed E-state index contributed by atoms with van der Waals surface area (Å²) < 4.78 is 9.02. The lowest BCUT2D eigenvalue weighted by Crippen LogP contribution is -2.18. The number of esters is 1. The van der Waals surface area contributed by atoms with E-state index in [1.807, 2.05) is 25.3 Å². The summed E-state index contributed by atoms with van der Waals surface area (Å²) in [7, 11) is 0. The van der Waals surface area contributed by atoms with Gasteiger partial charge in [0.25, 0.3) is 0 Å². The number of rotatable bonds is 5. The van der Waals surface area contributed by atoms with Crippen molar-refractivity contribution in [1.29, 1.82) is 0 Å². The molecular weight excluding hydrogens is 412 g/mol. The van der Waals surface area contributed by atoms with Gasteiger partial charge in [-0.05, 0) is 67.6 Å². The molecule has 0 atom stereocenters. The normalized spacial score (nSPS) is 14.3. The van der Waals surface area contributed by atoms with Gasteiger partial charge in [0.2, 0.25) is 0 Å². The summed E-state index contributed by atoms with van der Waals surface area (Å²) >= 11 is 0. The van der Waals surface area contributed by atoms with Gasteiger partial charge < -0.3 is 4.74 Å². The van der Waals surface area contributed by atoms with Crippen molar-refractivity contribution in [2.45, 2.75) is 46.0 Å². The summed E-state index contributed by atoms with van der Waals surface area (Å²) in [6.45, 7) is 8.61. The van der Waals surface area contributed by atoms with Gasteiger partial charge in [-0.2, -0.15) is 10.2 Å². The maximum absolute atomic E-state index is 12.2. The maximum Gasteiger partial charge on any atom is 0.341 e. The molecule has 1 aliphatic rings. The van der Waals surface area contributed by atoms with Gasteiger partial charge >= 0.3 is 5.97 Å². The summed E-state index contributed by atoms with van der Waals surface area (Å²) in [6.07, 6.45) is 5.82. The van der Waals surface area contributed by atoms with Crippen LogP contribution in [0.3, 0.4) is 0 Å². The maximum atomic E-state index is 12.2. The minimum Gasteiger partial charge on any atom is -0.462 e. The third-order valence-electron chi connectivity index (χ3n) is 6.53. The molecule has 0 saturated carbocycles. The smallest absolute Gasteiger partial charge is 0.341 e. The first-order valence-corrected chi connectivity index (χ1v) is 11.4. The van der Waals surface area contributed by atoms with Crippen molar-refractivity contribution in [2.24, 2.45) is 0 Å². The van der Waals surface area contributed by atoms with Crippen LogP contribution in [0.15, 0.2) is 60.9 Å². The zero-order chi connectivity index (χ0) is 23.2. The second-order valence-electron chi connectivity index (χ2n) is 9.19. The van der Waals surface area contributed by atoms with Crippen LogP contribution >= 0.6 is 0 Å². The lowest BCUT2D eigenvalue weighted by atomic mass is 9.90. The zero-order valence-electron chi connectivity index (χ0n) is 19.5. The molecule has 4 aromatic rings. The fourth-order valence-electron chi connectivity index (χ4n) is 4.76. The second kappa shape index (κ2) is 8.03. The van der Waals surface area contributed by atoms with Crippen molar-refractivity contribution in [2.75, 3.05) is 6.61 Å². The Balaban J connectivity index is 1.51. The average Bonchev–Trinajstić information content (AvgIpc) is 3.49. The molecule has 2 aromatic carbocycles. The molecule has 2 aromatic heterocycles. The Morgan fingerprint density at radius 2 is 1.64 bits per heavy atom. The van der Waals surface area contributed by atoms with E-state index >= 15 is 0 Å². The largest absolute Gasteiger partial charge is 0.462 e. The third kappa shape index (κ3) is 3.65. The van der Waals surface area contributed by atoms with Crippen LogP contribution in [0.5, 0.6) is 0 Å². The van der Waals surface area contributed by atoms with E-state index in [1.165, 1.54) is 11.3 Å². The molecule has 0 spiro atoms. The summed E-state index contributed by atoms with van der Waals surface area (Å²) in [4.78, 5) is 12.2. The molecule has 0 unspecified atom stereocenters. The van der Waals surface area contributed by atoms with Crippen LogP contribution in [0, 0.1) is 6.92 Å². The third-order valence-corrected chi connectivity index (χ3v) is 6.53. The number of nitrogens with zero attached hydrogens (tertiary/aromatic N) is 4. The molecule has 2 heterocycles. The Labute approximate surface area is 193 Å². The molecule has 0 bridgehead atoms. The number of aromatic nitrogens is 4. The molecule has 33 heavy (non-hydrogen) atoms. The molecule has 168 valence electrons. The van der Waals surface area contributed by atoms with Gasteiger partial charge in [0.05, 0.1) is 41.8 Å². The summed E-state index contributed by atoms with van der Waals surface area (Å²) in [5.74, 6) is -0.347. The molecule has 1 aliphatic carbocycles. The highest BCUT2D eigenvalue weighted by Crippen LogP contribution is 2.39. The highest BCUT2D eigenvalue weighted by atomic mass is 16.5. The molecule has 0 radical (unpaired) electrons. The number of benzene rings is 2. The van der Waals surface area contributed by atoms with E-state index in [-0.39, 0.29) is 11.4 Å². The number of carbonyl (C=O) groups excluding carboxylic acids is 1. The van der Waals surface area contributed by atoms with Crippen molar-refractivity contribution in [3.63, 3.8) is 0 Å². The van der Waals surface area contributed by atoms with E-state index < -0.39 is 0 Å². The van der Waals surface area contributed by atoms with Crippen molar-refractivity contribution in [1.82, 2.24) is 19.6 Å². The number of aryl methyl sites for hydroxylation is 1. The number of carbonyl (C=O) groups is 1. The van der Waals surface area contributed by atoms with E-state index in [2.05, 4.69) is 60.0 Å². The van der Waals surface area contributed by atoms with Gasteiger partial charge in [-0.15, -0.1) is 0 Å².